The van der Waals surface area contributed by atoms with E-state index in [1.807, 2.05) is 0 Å². The molecule has 0 atom stereocenters. The summed E-state index contributed by atoms with van der Waals surface area (Å²) in [6.07, 6.45) is 6.63. The first-order valence-corrected chi connectivity index (χ1v) is 10.0. The maximum atomic E-state index is 5.59. The third-order valence-corrected chi connectivity index (χ3v) is 5.97. The summed E-state index contributed by atoms with van der Waals surface area (Å²) in [7, 11) is 0. The molecule has 1 saturated heterocycles. The standard InChI is InChI=1S/C20H31N3OS/c1-16-12-17(2)14-18(13-16)22-19(25)21-15-20(6-4-3-5-7-20)23-8-10-24-11-9-23/h12-14H,3-11,15H2,1-2H3,(H2,21,22,25)/p+1. The van der Waals surface area contributed by atoms with E-state index in [0.717, 1.165) is 43.6 Å². The van der Waals surface area contributed by atoms with Gasteiger partial charge in [0.25, 0.3) is 0 Å². The Bertz CT molecular complexity index is 572. The summed E-state index contributed by atoms with van der Waals surface area (Å²) in [4.78, 5) is 1.71. The van der Waals surface area contributed by atoms with Gasteiger partial charge in [-0.3, -0.25) is 0 Å². The number of thiocarbonyl (C=S) groups is 1. The summed E-state index contributed by atoms with van der Waals surface area (Å²) in [5, 5.41) is 7.64. The molecule has 2 fully saturated rings. The fourth-order valence-electron chi connectivity index (χ4n) is 4.50. The van der Waals surface area contributed by atoms with Crippen LogP contribution in [0.1, 0.15) is 43.2 Å². The summed E-state index contributed by atoms with van der Waals surface area (Å²) >= 11 is 5.59. The smallest absolute Gasteiger partial charge is 0.171 e. The summed E-state index contributed by atoms with van der Waals surface area (Å²) in [5.74, 6) is 0. The van der Waals surface area contributed by atoms with Crippen LogP contribution in [0.4, 0.5) is 5.69 Å². The molecule has 25 heavy (non-hydrogen) atoms. The molecule has 1 aromatic rings. The SMILES string of the molecule is Cc1cc(C)cc(NC(=S)NCC2([NH+]3CCOCC3)CCCCC2)c1. The Morgan fingerprint density at radius 1 is 1.08 bits per heavy atom. The number of quaternary nitrogens is 1. The van der Waals surface area contributed by atoms with Crippen molar-refractivity contribution < 1.29 is 9.64 Å². The first-order valence-electron chi connectivity index (χ1n) is 9.63. The van der Waals surface area contributed by atoms with Crippen molar-refractivity contribution in [1.29, 1.82) is 0 Å². The van der Waals surface area contributed by atoms with Crippen LogP contribution in [0.15, 0.2) is 18.2 Å². The Morgan fingerprint density at radius 2 is 1.72 bits per heavy atom. The predicted octanol–water partition coefficient (Wildman–Crippen LogP) is 2.21. The minimum Gasteiger partial charge on any atom is -0.370 e. The normalized spacial score (nSPS) is 20.9. The van der Waals surface area contributed by atoms with Gasteiger partial charge < -0.3 is 20.3 Å². The highest BCUT2D eigenvalue weighted by Crippen LogP contribution is 2.25. The molecule has 0 aromatic heterocycles. The van der Waals surface area contributed by atoms with Crippen LogP contribution in [-0.2, 0) is 4.74 Å². The molecule has 2 aliphatic rings. The zero-order valence-electron chi connectivity index (χ0n) is 15.6. The Morgan fingerprint density at radius 3 is 2.36 bits per heavy atom. The van der Waals surface area contributed by atoms with Crippen molar-refractivity contribution in [2.45, 2.75) is 51.5 Å². The number of hydrogen-bond acceptors (Lipinski definition) is 2. The van der Waals surface area contributed by atoms with Crippen LogP contribution >= 0.6 is 12.2 Å². The molecule has 138 valence electrons. The first kappa shape index (κ1) is 18.6. The van der Waals surface area contributed by atoms with E-state index in [2.05, 4.69) is 42.7 Å². The van der Waals surface area contributed by atoms with E-state index >= 15 is 0 Å². The molecule has 1 aliphatic carbocycles. The Labute approximate surface area is 157 Å². The van der Waals surface area contributed by atoms with Crippen LogP contribution in [-0.4, -0.2) is 43.5 Å². The van der Waals surface area contributed by atoms with Crippen LogP contribution in [0.3, 0.4) is 0 Å². The molecule has 3 N–H and O–H groups in total. The third kappa shape index (κ3) is 4.93. The molecule has 3 rings (SSSR count). The molecule has 0 radical (unpaired) electrons. The zero-order valence-corrected chi connectivity index (χ0v) is 16.4. The fraction of sp³-hybridized carbons (Fsp3) is 0.650. The van der Waals surface area contributed by atoms with E-state index in [4.69, 9.17) is 17.0 Å². The van der Waals surface area contributed by atoms with Gasteiger partial charge in [-0.05, 0) is 62.2 Å². The summed E-state index contributed by atoms with van der Waals surface area (Å²) < 4.78 is 5.58. The summed E-state index contributed by atoms with van der Waals surface area (Å²) in [6.45, 7) is 9.22. The number of ether oxygens (including phenoxy) is 1. The maximum absolute atomic E-state index is 5.59. The lowest BCUT2D eigenvalue weighted by molar-refractivity contribution is -0.960. The summed E-state index contributed by atoms with van der Waals surface area (Å²) in [6, 6.07) is 6.47. The number of aryl methyl sites for hydroxylation is 2. The lowest BCUT2D eigenvalue weighted by Crippen LogP contribution is -3.23. The van der Waals surface area contributed by atoms with Gasteiger partial charge >= 0.3 is 0 Å². The van der Waals surface area contributed by atoms with E-state index < -0.39 is 0 Å². The van der Waals surface area contributed by atoms with Gasteiger partial charge in [0, 0.05) is 18.5 Å². The van der Waals surface area contributed by atoms with Gasteiger partial charge in [-0.1, -0.05) is 12.5 Å². The highest BCUT2D eigenvalue weighted by atomic mass is 32.1. The van der Waals surface area contributed by atoms with Crippen LogP contribution < -0.4 is 15.5 Å². The van der Waals surface area contributed by atoms with Gasteiger partial charge in [-0.25, -0.2) is 0 Å². The fourth-order valence-corrected chi connectivity index (χ4v) is 4.69. The molecule has 1 aliphatic heterocycles. The highest BCUT2D eigenvalue weighted by Gasteiger charge is 2.42. The van der Waals surface area contributed by atoms with Crippen molar-refractivity contribution in [3.05, 3.63) is 29.3 Å². The topological polar surface area (TPSA) is 37.7 Å². The van der Waals surface area contributed by atoms with Gasteiger partial charge in [-0.2, -0.15) is 0 Å². The number of morpholine rings is 1. The van der Waals surface area contributed by atoms with Gasteiger partial charge in [0.2, 0.25) is 0 Å². The average molecular weight is 363 g/mol. The van der Waals surface area contributed by atoms with E-state index in [1.54, 1.807) is 4.90 Å². The Kier molecular flexibility index (Phi) is 6.31. The molecule has 0 unspecified atom stereocenters. The molecule has 1 heterocycles. The molecule has 0 spiro atoms. The van der Waals surface area contributed by atoms with Crippen LogP contribution in [0.25, 0.3) is 0 Å². The van der Waals surface area contributed by atoms with E-state index in [-0.39, 0.29) is 0 Å². The summed E-state index contributed by atoms with van der Waals surface area (Å²) in [5.41, 5.74) is 3.90. The lowest BCUT2D eigenvalue weighted by atomic mass is 9.80. The number of benzene rings is 1. The number of nitrogens with one attached hydrogen (secondary N) is 3. The molecule has 0 bridgehead atoms. The molecular formula is C20H32N3OS+. The molecular weight excluding hydrogens is 330 g/mol. The number of anilines is 1. The van der Waals surface area contributed by atoms with Crippen molar-refractivity contribution >= 4 is 23.0 Å². The van der Waals surface area contributed by atoms with E-state index in [1.165, 1.54) is 43.2 Å². The number of rotatable bonds is 4. The van der Waals surface area contributed by atoms with Gasteiger partial charge in [0.05, 0.1) is 19.8 Å². The van der Waals surface area contributed by atoms with Crippen molar-refractivity contribution in [1.82, 2.24) is 5.32 Å². The molecule has 0 amide bonds. The Balaban J connectivity index is 1.61. The third-order valence-electron chi connectivity index (χ3n) is 5.72. The van der Waals surface area contributed by atoms with E-state index in [0.29, 0.717) is 5.54 Å². The van der Waals surface area contributed by atoms with Crippen molar-refractivity contribution in [2.24, 2.45) is 0 Å². The predicted molar refractivity (Wildman–Crippen MR) is 107 cm³/mol. The van der Waals surface area contributed by atoms with E-state index in [9.17, 15) is 0 Å². The minimum atomic E-state index is 0.316. The largest absolute Gasteiger partial charge is 0.370 e. The maximum Gasteiger partial charge on any atom is 0.171 e. The first-order chi connectivity index (χ1) is 12.1. The minimum absolute atomic E-state index is 0.316. The zero-order chi connectivity index (χ0) is 17.7. The Hall–Kier alpha value is -1.17. The van der Waals surface area contributed by atoms with Gasteiger partial charge in [0.15, 0.2) is 5.11 Å². The highest BCUT2D eigenvalue weighted by molar-refractivity contribution is 7.80. The van der Waals surface area contributed by atoms with Gasteiger partial charge in [0.1, 0.15) is 18.6 Å². The quantitative estimate of drug-likeness (QED) is 0.718. The second-order valence-electron chi connectivity index (χ2n) is 7.74. The lowest BCUT2D eigenvalue weighted by Gasteiger charge is -2.45. The van der Waals surface area contributed by atoms with Crippen LogP contribution in [0.2, 0.25) is 0 Å². The van der Waals surface area contributed by atoms with Crippen LogP contribution in [0.5, 0.6) is 0 Å². The van der Waals surface area contributed by atoms with Gasteiger partial charge in [-0.15, -0.1) is 0 Å². The van der Waals surface area contributed by atoms with Crippen molar-refractivity contribution in [3.8, 4) is 0 Å². The molecule has 1 saturated carbocycles. The molecule has 5 heteroatoms. The monoisotopic (exact) mass is 362 g/mol. The van der Waals surface area contributed by atoms with Crippen LogP contribution in [0, 0.1) is 13.8 Å². The molecule has 4 nitrogen and oxygen atoms in total. The average Bonchev–Trinajstić information content (AvgIpc) is 2.61. The van der Waals surface area contributed by atoms with Crippen molar-refractivity contribution in [3.63, 3.8) is 0 Å². The second kappa shape index (κ2) is 8.47. The molecule has 1 aromatic carbocycles. The van der Waals surface area contributed by atoms with Crippen molar-refractivity contribution in [2.75, 3.05) is 38.2 Å². The second-order valence-corrected chi connectivity index (χ2v) is 8.15. The number of hydrogen-bond donors (Lipinski definition) is 3.